The van der Waals surface area contributed by atoms with Crippen molar-refractivity contribution >= 4 is 17.0 Å². The number of alkyl halides is 3. The lowest BCUT2D eigenvalue weighted by molar-refractivity contribution is -0.141. The van der Waals surface area contributed by atoms with Crippen LogP contribution in [-0.4, -0.2) is 18.5 Å². The van der Waals surface area contributed by atoms with Crippen molar-refractivity contribution in [3.05, 3.63) is 65.4 Å². The Morgan fingerprint density at radius 2 is 1.75 bits per heavy atom. The second-order valence-corrected chi connectivity index (χ2v) is 6.56. The van der Waals surface area contributed by atoms with Crippen LogP contribution in [0.4, 0.5) is 18.9 Å². The maximum absolute atomic E-state index is 13.4. The average molecular weight is 406 g/mol. The Balaban J connectivity index is 2.22. The molecular weight excluding hydrogens is 393 g/mol. The Labute approximate surface area is 160 Å². The Kier molecular flexibility index (Phi) is 5.22. The van der Waals surface area contributed by atoms with Crippen LogP contribution in [0.2, 0.25) is 0 Å². The third kappa shape index (κ3) is 3.90. The van der Waals surface area contributed by atoms with E-state index in [0.717, 1.165) is 10.2 Å². The minimum Gasteiger partial charge on any atom is -0.289 e. The fourth-order valence-electron chi connectivity index (χ4n) is 2.66. The molecule has 6 nitrogen and oxygen atoms in total. The van der Waals surface area contributed by atoms with Crippen molar-refractivity contribution in [3.8, 4) is 23.0 Å². The van der Waals surface area contributed by atoms with Gasteiger partial charge in [-0.1, -0.05) is 29.8 Å². The zero-order valence-electron chi connectivity index (χ0n) is 14.4. The topological polar surface area (TPSA) is 90.9 Å². The monoisotopic (exact) mass is 406 g/mol. The molecule has 0 aliphatic rings. The molecule has 3 rings (SSSR count). The van der Waals surface area contributed by atoms with Crippen LogP contribution in [0.5, 0.6) is 0 Å². The molecule has 10 heteroatoms. The van der Waals surface area contributed by atoms with Crippen molar-refractivity contribution in [2.24, 2.45) is 0 Å². The summed E-state index contributed by atoms with van der Waals surface area (Å²) in [6.07, 6.45) is -4.80. The summed E-state index contributed by atoms with van der Waals surface area (Å²) in [4.78, 5) is 0. The van der Waals surface area contributed by atoms with Gasteiger partial charge in [0.1, 0.15) is 11.6 Å². The van der Waals surface area contributed by atoms with E-state index in [9.17, 15) is 22.6 Å². The van der Waals surface area contributed by atoms with E-state index in [-0.39, 0.29) is 11.4 Å². The van der Waals surface area contributed by atoms with Crippen molar-refractivity contribution < 1.29 is 21.9 Å². The van der Waals surface area contributed by atoms with Gasteiger partial charge in [-0.15, -0.1) is 0 Å². The summed E-state index contributed by atoms with van der Waals surface area (Å²) >= 11 is -2.28. The number of benzene rings is 2. The fourth-order valence-corrected chi connectivity index (χ4v) is 3.00. The van der Waals surface area contributed by atoms with Gasteiger partial charge < -0.3 is 0 Å². The molecule has 3 aromatic rings. The van der Waals surface area contributed by atoms with Gasteiger partial charge in [0.25, 0.3) is 11.3 Å². The van der Waals surface area contributed by atoms with Crippen molar-refractivity contribution in [2.75, 3.05) is 4.72 Å². The van der Waals surface area contributed by atoms with Crippen LogP contribution in [-0.2, 0) is 17.4 Å². The summed E-state index contributed by atoms with van der Waals surface area (Å²) in [5, 5.41) is 13.1. The first-order valence-electron chi connectivity index (χ1n) is 7.86. The number of halogens is 3. The summed E-state index contributed by atoms with van der Waals surface area (Å²) in [5.41, 5.74) is 0.0446. The van der Waals surface area contributed by atoms with Crippen LogP contribution in [0.1, 0.15) is 16.8 Å². The third-order valence-corrected chi connectivity index (χ3v) is 4.32. The molecule has 0 saturated carbocycles. The molecule has 144 valence electrons. The fraction of sp³-hybridized carbons (Fsp3) is 0.111. The van der Waals surface area contributed by atoms with Gasteiger partial charge in [-0.25, -0.2) is 8.89 Å². The highest BCUT2D eigenvalue weighted by Crippen LogP contribution is 2.37. The Hall–Kier alpha value is -3.16. The Bertz CT molecular complexity index is 1070. The summed E-state index contributed by atoms with van der Waals surface area (Å²) in [6.45, 7) is 1.84. The molecule has 0 bridgehead atoms. The van der Waals surface area contributed by atoms with Gasteiger partial charge in [0, 0.05) is 11.3 Å². The highest BCUT2D eigenvalue weighted by molar-refractivity contribution is 7.80. The maximum Gasteiger partial charge on any atom is 0.436 e. The van der Waals surface area contributed by atoms with E-state index >= 15 is 0 Å². The molecular formula is C18H13F3N4O2S. The molecule has 1 aromatic heterocycles. The molecule has 28 heavy (non-hydrogen) atoms. The van der Waals surface area contributed by atoms with E-state index in [0.29, 0.717) is 11.3 Å². The number of rotatable bonds is 4. The van der Waals surface area contributed by atoms with Gasteiger partial charge in [-0.05, 0) is 31.2 Å². The van der Waals surface area contributed by atoms with Crippen molar-refractivity contribution in [2.45, 2.75) is 13.1 Å². The van der Waals surface area contributed by atoms with E-state index in [1.165, 1.54) is 24.3 Å². The number of hydrogen-bond acceptors (Lipinski definition) is 3. The predicted octanol–water partition coefficient (Wildman–Crippen LogP) is 4.29. The lowest BCUT2D eigenvalue weighted by atomic mass is 10.0. The lowest BCUT2D eigenvalue weighted by Gasteiger charge is -2.09. The summed E-state index contributed by atoms with van der Waals surface area (Å²) in [7, 11) is 0. The molecule has 0 aliphatic heterocycles. The molecule has 0 amide bonds. The first-order valence-corrected chi connectivity index (χ1v) is 8.96. The van der Waals surface area contributed by atoms with Crippen LogP contribution in [0.25, 0.3) is 16.9 Å². The summed E-state index contributed by atoms with van der Waals surface area (Å²) < 4.78 is 63.3. The molecule has 1 heterocycles. The molecule has 0 saturated heterocycles. The summed E-state index contributed by atoms with van der Waals surface area (Å²) in [6, 6.07) is 14.0. The van der Waals surface area contributed by atoms with Crippen LogP contribution >= 0.6 is 0 Å². The normalized spacial score (nSPS) is 12.4. The van der Waals surface area contributed by atoms with Gasteiger partial charge in [0.05, 0.1) is 11.4 Å². The van der Waals surface area contributed by atoms with E-state index in [1.54, 1.807) is 30.3 Å². The van der Waals surface area contributed by atoms with Gasteiger partial charge in [0.15, 0.2) is 5.69 Å². The van der Waals surface area contributed by atoms with Gasteiger partial charge in [0.2, 0.25) is 0 Å². The van der Waals surface area contributed by atoms with Crippen LogP contribution in [0, 0.1) is 18.3 Å². The number of aromatic nitrogens is 2. The summed E-state index contributed by atoms with van der Waals surface area (Å²) in [5.74, 6) is 0. The van der Waals surface area contributed by atoms with Gasteiger partial charge in [-0.3, -0.25) is 9.27 Å². The van der Waals surface area contributed by atoms with E-state index in [2.05, 4.69) is 9.82 Å². The molecule has 1 unspecified atom stereocenters. The molecule has 2 N–H and O–H groups in total. The zero-order chi connectivity index (χ0) is 20.5. The van der Waals surface area contributed by atoms with E-state index in [4.69, 9.17) is 4.55 Å². The average Bonchev–Trinajstić information content (AvgIpc) is 3.02. The number of nitrogens with one attached hydrogen (secondary N) is 1. The Morgan fingerprint density at radius 3 is 2.25 bits per heavy atom. The van der Waals surface area contributed by atoms with Crippen LogP contribution < -0.4 is 4.72 Å². The maximum atomic E-state index is 13.4. The van der Waals surface area contributed by atoms with Crippen LogP contribution in [0.3, 0.4) is 0 Å². The first-order chi connectivity index (χ1) is 13.2. The van der Waals surface area contributed by atoms with Gasteiger partial charge >= 0.3 is 6.18 Å². The second-order valence-electron chi connectivity index (χ2n) is 5.86. The van der Waals surface area contributed by atoms with E-state index in [1.807, 2.05) is 6.92 Å². The smallest absolute Gasteiger partial charge is 0.289 e. The number of nitrogens with zero attached hydrogens (tertiary/aromatic N) is 3. The zero-order valence-corrected chi connectivity index (χ0v) is 15.2. The number of hydrogen-bond donors (Lipinski definition) is 2. The number of nitriles is 1. The van der Waals surface area contributed by atoms with E-state index < -0.39 is 28.7 Å². The number of aryl methyl sites for hydroxylation is 1. The molecule has 0 radical (unpaired) electrons. The van der Waals surface area contributed by atoms with Crippen molar-refractivity contribution in [3.63, 3.8) is 0 Å². The quantitative estimate of drug-likeness (QED) is 0.633. The van der Waals surface area contributed by atoms with Crippen molar-refractivity contribution in [1.82, 2.24) is 9.78 Å². The molecule has 2 aromatic carbocycles. The van der Waals surface area contributed by atoms with Gasteiger partial charge in [-0.2, -0.15) is 23.5 Å². The largest absolute Gasteiger partial charge is 0.436 e. The number of anilines is 1. The highest BCUT2D eigenvalue weighted by atomic mass is 32.2. The Morgan fingerprint density at radius 1 is 1.14 bits per heavy atom. The first kappa shape index (κ1) is 19.6. The molecule has 0 aliphatic carbocycles. The lowest BCUT2D eigenvalue weighted by Crippen LogP contribution is -2.09. The minimum atomic E-state index is -4.80. The highest BCUT2D eigenvalue weighted by Gasteiger charge is 2.40. The predicted molar refractivity (Wildman–Crippen MR) is 97.8 cm³/mol. The molecule has 1 atom stereocenters. The van der Waals surface area contributed by atoms with Crippen molar-refractivity contribution in [1.29, 1.82) is 5.26 Å². The van der Waals surface area contributed by atoms with Crippen LogP contribution in [0.15, 0.2) is 48.5 Å². The SMILES string of the molecule is Cc1ccc(-c2c(C#N)c(C(F)(F)F)nn2-c2ccc(NS(=O)O)cc2)cc1. The molecule has 0 fully saturated rings. The third-order valence-electron chi connectivity index (χ3n) is 3.91. The minimum absolute atomic E-state index is 0.0151. The molecule has 0 spiro atoms. The second kappa shape index (κ2) is 7.46. The standard InChI is InChI=1S/C18H13F3N4O2S/c1-11-2-4-12(5-3-11)16-15(10-22)17(18(19,20)21)23-25(16)14-8-6-13(7-9-14)24-28(26)27/h2-9,24H,1H3,(H,26,27).